The number of hydrogen-bond acceptors (Lipinski definition) is 5. The standard InChI is InChI=1S/C21H25FN4O3/c1-12(24-20(27)29-21(2,3)4)28-18-11-15(22)7-6-14(18)9-13-5-8-17-16(10-13)19(23)26-25-17/h5-8,10-12H,9H2,1-4H3,(H,24,27)(H3,23,25,26). The predicted octanol–water partition coefficient (Wildman–Crippen LogP) is 4.12. The number of hydrogen-bond donors (Lipinski definition) is 3. The van der Waals surface area contributed by atoms with Crippen LogP contribution in [0.2, 0.25) is 0 Å². The molecule has 0 saturated heterocycles. The fourth-order valence-electron chi connectivity index (χ4n) is 2.89. The lowest BCUT2D eigenvalue weighted by atomic mass is 10.0. The van der Waals surface area contributed by atoms with Gasteiger partial charge < -0.3 is 15.2 Å². The minimum atomic E-state index is -0.711. The van der Waals surface area contributed by atoms with Gasteiger partial charge in [0.2, 0.25) is 0 Å². The fourth-order valence-corrected chi connectivity index (χ4v) is 2.89. The summed E-state index contributed by atoms with van der Waals surface area (Å²) in [5.74, 6) is 0.337. The molecule has 1 atom stereocenters. The van der Waals surface area contributed by atoms with Gasteiger partial charge in [-0.3, -0.25) is 10.4 Å². The minimum Gasteiger partial charge on any atom is -0.470 e. The number of aromatic nitrogens is 2. The van der Waals surface area contributed by atoms with E-state index in [1.54, 1.807) is 33.8 Å². The highest BCUT2D eigenvalue weighted by atomic mass is 19.1. The van der Waals surface area contributed by atoms with E-state index < -0.39 is 23.7 Å². The molecule has 0 aliphatic rings. The topological polar surface area (TPSA) is 102 Å². The Hall–Kier alpha value is -3.29. The van der Waals surface area contributed by atoms with Gasteiger partial charge in [0.25, 0.3) is 0 Å². The molecule has 0 aliphatic heterocycles. The first kappa shape index (κ1) is 20.4. The summed E-state index contributed by atoms with van der Waals surface area (Å²) in [6.45, 7) is 6.96. The summed E-state index contributed by atoms with van der Waals surface area (Å²) in [6.07, 6.45) is -0.823. The van der Waals surface area contributed by atoms with Crippen LogP contribution in [0.3, 0.4) is 0 Å². The van der Waals surface area contributed by atoms with E-state index in [9.17, 15) is 9.18 Å². The number of nitrogens with zero attached hydrogens (tertiary/aromatic N) is 1. The number of H-pyrrole nitrogens is 1. The number of ether oxygens (including phenoxy) is 2. The molecular weight excluding hydrogens is 375 g/mol. The Kier molecular flexibility index (Phi) is 5.63. The Morgan fingerprint density at radius 1 is 1.28 bits per heavy atom. The third-order valence-electron chi connectivity index (χ3n) is 4.10. The molecule has 3 rings (SSSR count). The molecule has 8 heteroatoms. The first-order valence-electron chi connectivity index (χ1n) is 9.28. The van der Waals surface area contributed by atoms with Crippen molar-refractivity contribution in [1.82, 2.24) is 15.5 Å². The monoisotopic (exact) mass is 400 g/mol. The lowest BCUT2D eigenvalue weighted by molar-refractivity contribution is 0.0413. The highest BCUT2D eigenvalue weighted by Gasteiger charge is 2.19. The van der Waals surface area contributed by atoms with Crippen molar-refractivity contribution in [3.8, 4) is 5.75 Å². The number of carbonyl (C=O) groups excluding carboxylic acids is 1. The number of anilines is 1. The molecule has 29 heavy (non-hydrogen) atoms. The Balaban J connectivity index is 1.76. The summed E-state index contributed by atoms with van der Waals surface area (Å²) < 4.78 is 24.8. The summed E-state index contributed by atoms with van der Waals surface area (Å²) in [7, 11) is 0. The van der Waals surface area contributed by atoms with Crippen molar-refractivity contribution in [2.24, 2.45) is 0 Å². The first-order chi connectivity index (χ1) is 13.6. The second-order valence-electron chi connectivity index (χ2n) is 7.82. The average Bonchev–Trinajstić information content (AvgIpc) is 2.96. The lowest BCUT2D eigenvalue weighted by Gasteiger charge is -2.23. The van der Waals surface area contributed by atoms with Crippen LogP contribution in [-0.2, 0) is 11.2 Å². The van der Waals surface area contributed by atoms with Gasteiger partial charge in [-0.2, -0.15) is 5.10 Å². The van der Waals surface area contributed by atoms with Crippen LogP contribution in [0.15, 0.2) is 36.4 Å². The van der Waals surface area contributed by atoms with Gasteiger partial charge in [0.1, 0.15) is 17.2 Å². The predicted molar refractivity (Wildman–Crippen MR) is 109 cm³/mol. The van der Waals surface area contributed by atoms with Crippen molar-refractivity contribution in [2.45, 2.75) is 45.9 Å². The number of nitrogens with one attached hydrogen (secondary N) is 2. The van der Waals surface area contributed by atoms with Crippen LogP contribution >= 0.6 is 0 Å². The molecule has 1 amide bonds. The number of alkyl carbamates (subject to hydrolysis) is 1. The van der Waals surface area contributed by atoms with E-state index in [0.717, 1.165) is 22.0 Å². The summed E-state index contributed by atoms with van der Waals surface area (Å²) >= 11 is 0. The fraction of sp³-hybridized carbons (Fsp3) is 0.333. The van der Waals surface area contributed by atoms with E-state index in [1.165, 1.54) is 12.1 Å². The van der Waals surface area contributed by atoms with Gasteiger partial charge in [-0.25, -0.2) is 9.18 Å². The molecule has 4 N–H and O–H groups in total. The van der Waals surface area contributed by atoms with Gasteiger partial charge in [-0.15, -0.1) is 0 Å². The molecular formula is C21H25FN4O3. The SMILES string of the molecule is CC(NC(=O)OC(C)(C)C)Oc1cc(F)ccc1Cc1ccc2[nH]nc(N)c2c1. The zero-order valence-corrected chi connectivity index (χ0v) is 16.9. The number of amides is 1. The van der Waals surface area contributed by atoms with Crippen LogP contribution in [0, 0.1) is 5.82 Å². The largest absolute Gasteiger partial charge is 0.470 e. The second-order valence-corrected chi connectivity index (χ2v) is 7.82. The van der Waals surface area contributed by atoms with E-state index in [2.05, 4.69) is 15.5 Å². The van der Waals surface area contributed by atoms with Crippen LogP contribution in [0.4, 0.5) is 15.0 Å². The van der Waals surface area contributed by atoms with E-state index in [0.29, 0.717) is 18.0 Å². The number of aromatic amines is 1. The molecule has 0 saturated carbocycles. The second kappa shape index (κ2) is 7.98. The third kappa shape index (κ3) is 5.37. The maximum Gasteiger partial charge on any atom is 0.410 e. The Morgan fingerprint density at radius 3 is 2.76 bits per heavy atom. The third-order valence-corrected chi connectivity index (χ3v) is 4.10. The average molecular weight is 400 g/mol. The lowest BCUT2D eigenvalue weighted by Crippen LogP contribution is -2.40. The molecule has 2 aromatic carbocycles. The zero-order chi connectivity index (χ0) is 21.2. The van der Waals surface area contributed by atoms with Gasteiger partial charge in [0.15, 0.2) is 12.0 Å². The molecule has 154 valence electrons. The van der Waals surface area contributed by atoms with Crippen molar-refractivity contribution >= 4 is 22.8 Å². The van der Waals surface area contributed by atoms with Crippen LogP contribution < -0.4 is 15.8 Å². The maximum absolute atomic E-state index is 13.8. The van der Waals surface area contributed by atoms with E-state index in [1.807, 2.05) is 18.2 Å². The number of halogens is 1. The number of nitrogens with two attached hydrogens (primary N) is 1. The number of rotatable bonds is 5. The van der Waals surface area contributed by atoms with Crippen molar-refractivity contribution in [2.75, 3.05) is 5.73 Å². The van der Waals surface area contributed by atoms with Crippen molar-refractivity contribution < 1.29 is 18.7 Å². The Labute approximate surface area is 168 Å². The van der Waals surface area contributed by atoms with Crippen molar-refractivity contribution in [3.05, 3.63) is 53.3 Å². The van der Waals surface area contributed by atoms with Gasteiger partial charge in [0, 0.05) is 17.9 Å². The van der Waals surface area contributed by atoms with E-state index in [4.69, 9.17) is 15.2 Å². The first-order valence-corrected chi connectivity index (χ1v) is 9.28. The molecule has 0 spiro atoms. The number of carbonyl (C=O) groups is 1. The van der Waals surface area contributed by atoms with Gasteiger partial charge in [0.05, 0.1) is 5.52 Å². The van der Waals surface area contributed by atoms with Gasteiger partial charge >= 0.3 is 6.09 Å². The molecule has 7 nitrogen and oxygen atoms in total. The van der Waals surface area contributed by atoms with Crippen molar-refractivity contribution in [3.63, 3.8) is 0 Å². The summed E-state index contributed by atoms with van der Waals surface area (Å²) in [5, 5.41) is 10.3. The molecule has 1 unspecified atom stereocenters. The van der Waals surface area contributed by atoms with Crippen LogP contribution in [0.25, 0.3) is 10.9 Å². The van der Waals surface area contributed by atoms with E-state index in [-0.39, 0.29) is 0 Å². The van der Waals surface area contributed by atoms with Gasteiger partial charge in [-0.05, 0) is 57.0 Å². The summed E-state index contributed by atoms with van der Waals surface area (Å²) in [4.78, 5) is 11.9. The smallest absolute Gasteiger partial charge is 0.410 e. The zero-order valence-electron chi connectivity index (χ0n) is 16.9. The maximum atomic E-state index is 13.8. The normalized spacial score (nSPS) is 12.6. The Morgan fingerprint density at radius 2 is 2.03 bits per heavy atom. The number of nitrogen functional groups attached to an aromatic ring is 1. The molecule has 1 aromatic heterocycles. The van der Waals surface area contributed by atoms with Crippen LogP contribution in [0.1, 0.15) is 38.8 Å². The highest BCUT2D eigenvalue weighted by Crippen LogP contribution is 2.26. The van der Waals surface area contributed by atoms with Crippen LogP contribution in [-0.4, -0.2) is 28.1 Å². The minimum absolute atomic E-state index is 0.342. The summed E-state index contributed by atoms with van der Waals surface area (Å²) in [5.41, 5.74) is 7.83. The molecule has 3 aromatic rings. The molecule has 0 fully saturated rings. The highest BCUT2D eigenvalue weighted by molar-refractivity contribution is 5.89. The summed E-state index contributed by atoms with van der Waals surface area (Å²) in [6, 6.07) is 10.1. The Bertz CT molecular complexity index is 1030. The van der Waals surface area contributed by atoms with Crippen molar-refractivity contribution in [1.29, 1.82) is 0 Å². The van der Waals surface area contributed by atoms with Crippen LogP contribution in [0.5, 0.6) is 5.75 Å². The molecule has 1 heterocycles. The van der Waals surface area contributed by atoms with Gasteiger partial charge in [-0.1, -0.05) is 12.1 Å². The molecule has 0 radical (unpaired) electrons. The van der Waals surface area contributed by atoms with E-state index >= 15 is 0 Å². The molecule has 0 aliphatic carbocycles. The number of fused-ring (bicyclic) bond motifs is 1. The quantitative estimate of drug-likeness (QED) is 0.559. The number of benzene rings is 2. The molecule has 0 bridgehead atoms.